The first-order valence-electron chi connectivity index (χ1n) is 6.05. The summed E-state index contributed by atoms with van der Waals surface area (Å²) in [6.45, 7) is 1.64. The highest BCUT2D eigenvalue weighted by Crippen LogP contribution is 2.10. The van der Waals surface area contributed by atoms with E-state index in [0.717, 1.165) is 19.4 Å². The average molecular weight is 240 g/mol. The van der Waals surface area contributed by atoms with Crippen LogP contribution in [0.15, 0.2) is 12.3 Å². The summed E-state index contributed by atoms with van der Waals surface area (Å²) in [5.41, 5.74) is 0. The number of carbonyl (C=O) groups excluding carboxylic acids is 1. The Balaban J connectivity index is 1.99. The molecule has 96 valence electrons. The van der Waals surface area contributed by atoms with Crippen LogP contribution in [0, 0.1) is 5.92 Å². The first-order chi connectivity index (χ1) is 8.18. The number of aliphatic carboxylic acids is 1. The van der Waals surface area contributed by atoms with Crippen LogP contribution in [0.4, 0.5) is 0 Å². The Morgan fingerprint density at radius 3 is 2.88 bits per heavy atom. The molecular formula is C12H20N2O3. The lowest BCUT2D eigenvalue weighted by molar-refractivity contribution is -0.137. The van der Waals surface area contributed by atoms with Gasteiger partial charge in [0.25, 0.3) is 0 Å². The van der Waals surface area contributed by atoms with E-state index >= 15 is 0 Å². The van der Waals surface area contributed by atoms with Crippen molar-refractivity contribution in [2.24, 2.45) is 5.92 Å². The van der Waals surface area contributed by atoms with Gasteiger partial charge in [-0.25, -0.2) is 0 Å². The molecule has 1 unspecified atom stereocenters. The molecule has 1 heterocycles. The Labute approximate surface area is 101 Å². The molecule has 1 aliphatic heterocycles. The zero-order chi connectivity index (χ0) is 12.5. The average Bonchev–Trinajstić information content (AvgIpc) is 2.30. The third-order valence-corrected chi connectivity index (χ3v) is 2.78. The van der Waals surface area contributed by atoms with Crippen LogP contribution in [-0.4, -0.2) is 30.1 Å². The van der Waals surface area contributed by atoms with Crippen LogP contribution < -0.4 is 10.6 Å². The molecule has 0 bridgehead atoms. The molecule has 0 fully saturated rings. The Bertz CT molecular complexity index is 289. The number of carbonyl (C=O) groups is 2. The van der Waals surface area contributed by atoms with Gasteiger partial charge in [0.15, 0.2) is 0 Å². The molecule has 1 amide bonds. The largest absolute Gasteiger partial charge is 0.481 e. The molecule has 5 nitrogen and oxygen atoms in total. The van der Waals surface area contributed by atoms with E-state index in [1.807, 2.05) is 6.20 Å². The minimum absolute atomic E-state index is 0.0504. The van der Waals surface area contributed by atoms with E-state index < -0.39 is 5.97 Å². The molecule has 3 N–H and O–H groups in total. The second-order valence-corrected chi connectivity index (χ2v) is 4.30. The summed E-state index contributed by atoms with van der Waals surface area (Å²) in [6, 6.07) is 0. The van der Waals surface area contributed by atoms with Crippen molar-refractivity contribution in [2.75, 3.05) is 13.1 Å². The highest BCUT2D eigenvalue weighted by molar-refractivity contribution is 5.76. The molecule has 5 heteroatoms. The maximum Gasteiger partial charge on any atom is 0.303 e. The van der Waals surface area contributed by atoms with E-state index in [1.54, 1.807) is 0 Å². The van der Waals surface area contributed by atoms with Gasteiger partial charge < -0.3 is 15.7 Å². The Hall–Kier alpha value is -1.52. The fourth-order valence-corrected chi connectivity index (χ4v) is 1.79. The van der Waals surface area contributed by atoms with Gasteiger partial charge in [0.05, 0.1) is 0 Å². The highest BCUT2D eigenvalue weighted by atomic mass is 16.4. The van der Waals surface area contributed by atoms with Crippen molar-refractivity contribution < 1.29 is 14.7 Å². The summed E-state index contributed by atoms with van der Waals surface area (Å²) in [7, 11) is 0. The molecule has 0 aromatic carbocycles. The van der Waals surface area contributed by atoms with Gasteiger partial charge in [-0.15, -0.1) is 0 Å². The molecule has 0 saturated carbocycles. The summed E-state index contributed by atoms with van der Waals surface area (Å²) in [4.78, 5) is 21.6. The van der Waals surface area contributed by atoms with Crippen LogP contribution in [0.3, 0.4) is 0 Å². The fraction of sp³-hybridized carbons (Fsp3) is 0.667. The lowest BCUT2D eigenvalue weighted by Gasteiger charge is -2.18. The molecule has 0 aromatic rings. The number of nitrogens with one attached hydrogen (secondary N) is 2. The highest BCUT2D eigenvalue weighted by Gasteiger charge is 2.09. The van der Waals surface area contributed by atoms with Crippen LogP contribution >= 0.6 is 0 Å². The normalized spacial score (nSPS) is 18.5. The topological polar surface area (TPSA) is 78.4 Å². The van der Waals surface area contributed by atoms with Crippen molar-refractivity contribution in [3.8, 4) is 0 Å². The van der Waals surface area contributed by atoms with Gasteiger partial charge in [-0.05, 0) is 31.4 Å². The van der Waals surface area contributed by atoms with Crippen LogP contribution in [0.25, 0.3) is 0 Å². The fourth-order valence-electron chi connectivity index (χ4n) is 1.79. The zero-order valence-electron chi connectivity index (χ0n) is 9.95. The third-order valence-electron chi connectivity index (χ3n) is 2.78. The summed E-state index contributed by atoms with van der Waals surface area (Å²) < 4.78 is 0. The van der Waals surface area contributed by atoms with Crippen LogP contribution in [0.5, 0.6) is 0 Å². The molecule has 0 aliphatic carbocycles. The minimum atomic E-state index is -0.849. The summed E-state index contributed by atoms with van der Waals surface area (Å²) in [5.74, 6) is -0.317. The van der Waals surface area contributed by atoms with E-state index in [-0.39, 0.29) is 12.3 Å². The number of amides is 1. The lowest BCUT2D eigenvalue weighted by atomic mass is 9.99. The van der Waals surface area contributed by atoms with E-state index in [9.17, 15) is 9.59 Å². The molecule has 0 saturated heterocycles. The number of carboxylic acid groups (broad SMARTS) is 1. The van der Waals surface area contributed by atoms with Crippen molar-refractivity contribution in [1.29, 1.82) is 0 Å². The lowest BCUT2D eigenvalue weighted by Crippen LogP contribution is -2.29. The smallest absolute Gasteiger partial charge is 0.303 e. The maximum atomic E-state index is 11.3. The van der Waals surface area contributed by atoms with Crippen LogP contribution in [0.2, 0.25) is 0 Å². The maximum absolute atomic E-state index is 11.3. The number of hydrogen-bond donors (Lipinski definition) is 3. The Morgan fingerprint density at radius 2 is 2.24 bits per heavy atom. The zero-order valence-corrected chi connectivity index (χ0v) is 9.95. The minimum Gasteiger partial charge on any atom is -0.481 e. The second kappa shape index (κ2) is 7.70. The van der Waals surface area contributed by atoms with Crippen molar-refractivity contribution >= 4 is 11.9 Å². The van der Waals surface area contributed by atoms with Crippen molar-refractivity contribution in [1.82, 2.24) is 10.6 Å². The summed E-state index contributed by atoms with van der Waals surface area (Å²) >= 11 is 0. The molecule has 17 heavy (non-hydrogen) atoms. The van der Waals surface area contributed by atoms with Gasteiger partial charge in [0.2, 0.25) is 5.91 Å². The predicted molar refractivity (Wildman–Crippen MR) is 64.4 cm³/mol. The first kappa shape index (κ1) is 13.5. The van der Waals surface area contributed by atoms with Crippen molar-refractivity contribution in [3.63, 3.8) is 0 Å². The van der Waals surface area contributed by atoms with Crippen molar-refractivity contribution in [2.45, 2.75) is 32.1 Å². The standard InChI is InChI=1S/C12H20N2O3/c15-11(4-1-5-12(16)17)14-8-6-10-3-2-7-13-9-10/h2,7,10,13H,1,3-6,8-9H2,(H,14,15)(H,16,17). The summed E-state index contributed by atoms with van der Waals surface area (Å²) in [5, 5.41) is 14.4. The monoisotopic (exact) mass is 240 g/mol. The second-order valence-electron chi connectivity index (χ2n) is 4.30. The van der Waals surface area contributed by atoms with E-state index in [2.05, 4.69) is 16.7 Å². The van der Waals surface area contributed by atoms with E-state index in [0.29, 0.717) is 25.3 Å². The van der Waals surface area contributed by atoms with Gasteiger partial charge in [-0.3, -0.25) is 9.59 Å². The quantitative estimate of drug-likeness (QED) is 0.617. The van der Waals surface area contributed by atoms with Gasteiger partial charge in [0.1, 0.15) is 0 Å². The van der Waals surface area contributed by atoms with Crippen molar-refractivity contribution in [3.05, 3.63) is 12.3 Å². The van der Waals surface area contributed by atoms with E-state index in [4.69, 9.17) is 5.11 Å². The van der Waals surface area contributed by atoms with Crippen LogP contribution in [-0.2, 0) is 9.59 Å². The number of hydrogen-bond acceptors (Lipinski definition) is 3. The number of carboxylic acids is 1. The third kappa shape index (κ3) is 6.60. The van der Waals surface area contributed by atoms with Gasteiger partial charge in [-0.1, -0.05) is 6.08 Å². The molecule has 0 spiro atoms. The number of allylic oxidation sites excluding steroid dienone is 1. The molecular weight excluding hydrogens is 220 g/mol. The Kier molecular flexibility index (Phi) is 6.14. The van der Waals surface area contributed by atoms with Gasteiger partial charge >= 0.3 is 5.97 Å². The van der Waals surface area contributed by atoms with Gasteiger partial charge in [-0.2, -0.15) is 0 Å². The van der Waals surface area contributed by atoms with Crippen LogP contribution in [0.1, 0.15) is 32.1 Å². The first-order valence-corrected chi connectivity index (χ1v) is 6.05. The molecule has 1 aliphatic rings. The van der Waals surface area contributed by atoms with Gasteiger partial charge in [0, 0.05) is 25.9 Å². The summed E-state index contributed by atoms with van der Waals surface area (Å²) in [6.07, 6.45) is 6.85. The van der Waals surface area contributed by atoms with E-state index in [1.165, 1.54) is 0 Å². The number of rotatable bonds is 7. The SMILES string of the molecule is O=C(O)CCCC(=O)NCCC1CC=CNC1. The molecule has 0 aromatic heterocycles. The predicted octanol–water partition coefficient (Wildman–Crippen LogP) is 0.871. The molecule has 1 rings (SSSR count). The molecule has 0 radical (unpaired) electrons. The molecule has 1 atom stereocenters. The Morgan fingerprint density at radius 1 is 1.41 bits per heavy atom.